The average Bonchev–Trinajstić information content (AvgIpc) is 2.86. The number of likely N-dealkylation sites (tertiary alicyclic amines) is 1. The lowest BCUT2D eigenvalue weighted by atomic mass is 10.00. The van der Waals surface area contributed by atoms with Crippen molar-refractivity contribution in [3.63, 3.8) is 0 Å². The maximum Gasteiger partial charge on any atom is 0.265 e. The van der Waals surface area contributed by atoms with Crippen LogP contribution in [0.1, 0.15) is 44.6 Å². The highest BCUT2D eigenvalue weighted by Crippen LogP contribution is 2.42. The van der Waals surface area contributed by atoms with Gasteiger partial charge >= 0.3 is 0 Å². The second-order valence-electron chi connectivity index (χ2n) is 8.79. The highest BCUT2D eigenvalue weighted by molar-refractivity contribution is 8.04. The van der Waals surface area contributed by atoms with Crippen LogP contribution in [0.3, 0.4) is 0 Å². The maximum atomic E-state index is 14.2. The number of hydrogen-bond acceptors (Lipinski definition) is 4. The number of piperidine rings is 1. The molecular weight excluding hydrogens is 449 g/mol. The van der Waals surface area contributed by atoms with Crippen molar-refractivity contribution in [3.8, 4) is 0 Å². The van der Waals surface area contributed by atoms with Crippen LogP contribution in [0.25, 0.3) is 6.08 Å². The van der Waals surface area contributed by atoms with E-state index in [1.54, 1.807) is 24.3 Å². The third-order valence-corrected chi connectivity index (χ3v) is 7.57. The predicted octanol–water partition coefficient (Wildman–Crippen LogP) is 5.08. The number of carbonyl (C=O) groups excluding carboxylic acids is 2. The summed E-state index contributed by atoms with van der Waals surface area (Å²) in [5, 5.41) is 2.98. The SMILES string of the molecule is CC[C@@H]1CCCCN1CCCNC(=O)CN1C(=O)/C(=C/c2ccccc2F)Sc2ccccc21. The van der Waals surface area contributed by atoms with Crippen LogP contribution in [0.5, 0.6) is 0 Å². The molecule has 2 aromatic rings. The molecule has 0 unspecified atom stereocenters. The molecule has 7 heteroatoms. The molecule has 2 aromatic carbocycles. The quantitative estimate of drug-likeness (QED) is 0.422. The Morgan fingerprint density at radius 1 is 1.18 bits per heavy atom. The van der Waals surface area contributed by atoms with Crippen LogP contribution in [0.4, 0.5) is 10.1 Å². The first-order valence-electron chi connectivity index (χ1n) is 12.1. The molecule has 2 amide bonds. The second-order valence-corrected chi connectivity index (χ2v) is 9.87. The van der Waals surface area contributed by atoms with Crippen molar-refractivity contribution < 1.29 is 14.0 Å². The zero-order valence-electron chi connectivity index (χ0n) is 19.6. The maximum absolute atomic E-state index is 14.2. The third-order valence-electron chi connectivity index (χ3n) is 6.49. The van der Waals surface area contributed by atoms with Crippen molar-refractivity contribution in [2.75, 3.05) is 31.1 Å². The van der Waals surface area contributed by atoms with Crippen molar-refractivity contribution >= 4 is 35.3 Å². The van der Waals surface area contributed by atoms with E-state index in [9.17, 15) is 14.0 Å². The third kappa shape index (κ3) is 5.88. The molecule has 1 atom stereocenters. The zero-order chi connectivity index (χ0) is 23.9. The number of rotatable bonds is 8. The van der Waals surface area contributed by atoms with Crippen LogP contribution in [0.15, 0.2) is 58.3 Å². The number of nitrogens with one attached hydrogen (secondary N) is 1. The van der Waals surface area contributed by atoms with E-state index in [2.05, 4.69) is 17.1 Å². The molecule has 0 bridgehead atoms. The highest BCUT2D eigenvalue weighted by atomic mass is 32.2. The monoisotopic (exact) mass is 481 g/mol. The van der Waals surface area contributed by atoms with Crippen molar-refractivity contribution in [1.82, 2.24) is 10.2 Å². The molecule has 1 saturated heterocycles. The summed E-state index contributed by atoms with van der Waals surface area (Å²) in [6.45, 7) is 4.89. The fourth-order valence-corrected chi connectivity index (χ4v) is 5.73. The zero-order valence-corrected chi connectivity index (χ0v) is 20.5. The molecule has 0 radical (unpaired) electrons. The molecular formula is C27H32FN3O2S. The van der Waals surface area contributed by atoms with Crippen molar-refractivity contribution in [3.05, 3.63) is 64.8 Å². The summed E-state index contributed by atoms with van der Waals surface area (Å²) >= 11 is 1.31. The van der Waals surface area contributed by atoms with Crippen molar-refractivity contribution in [2.45, 2.75) is 50.0 Å². The molecule has 0 spiro atoms. The summed E-state index contributed by atoms with van der Waals surface area (Å²) in [4.78, 5) is 31.3. The average molecular weight is 482 g/mol. The molecule has 0 saturated carbocycles. The Bertz CT molecular complexity index is 1060. The van der Waals surface area contributed by atoms with Crippen molar-refractivity contribution in [2.24, 2.45) is 0 Å². The van der Waals surface area contributed by atoms with E-state index in [4.69, 9.17) is 0 Å². The van der Waals surface area contributed by atoms with E-state index in [-0.39, 0.29) is 24.2 Å². The lowest BCUT2D eigenvalue weighted by molar-refractivity contribution is -0.122. The minimum atomic E-state index is -0.384. The number of carbonyl (C=O) groups is 2. The molecule has 2 aliphatic rings. The van der Waals surface area contributed by atoms with Gasteiger partial charge < -0.3 is 10.2 Å². The Kier molecular flexibility index (Phi) is 8.40. The number of thioether (sulfide) groups is 1. The van der Waals surface area contributed by atoms with Gasteiger partial charge in [-0.15, -0.1) is 0 Å². The van der Waals surface area contributed by atoms with E-state index in [0.717, 1.165) is 24.4 Å². The van der Waals surface area contributed by atoms with E-state index in [1.165, 1.54) is 48.4 Å². The van der Waals surface area contributed by atoms with Gasteiger partial charge in [-0.1, -0.05) is 55.4 Å². The lowest BCUT2D eigenvalue weighted by Crippen LogP contribution is -2.44. The minimum absolute atomic E-state index is 0.0632. The largest absolute Gasteiger partial charge is 0.355 e. The summed E-state index contributed by atoms with van der Waals surface area (Å²) < 4.78 is 14.2. The van der Waals surface area contributed by atoms with Gasteiger partial charge in [0.2, 0.25) is 5.91 Å². The molecule has 2 aliphatic heterocycles. The van der Waals surface area contributed by atoms with Crippen LogP contribution in [0.2, 0.25) is 0 Å². The lowest BCUT2D eigenvalue weighted by Gasteiger charge is -2.35. The highest BCUT2D eigenvalue weighted by Gasteiger charge is 2.30. The van der Waals surface area contributed by atoms with Crippen LogP contribution >= 0.6 is 11.8 Å². The van der Waals surface area contributed by atoms with Crippen LogP contribution in [-0.4, -0.2) is 48.9 Å². The van der Waals surface area contributed by atoms with Gasteiger partial charge in [0.25, 0.3) is 5.91 Å². The fourth-order valence-electron chi connectivity index (χ4n) is 4.68. The number of hydrogen-bond donors (Lipinski definition) is 1. The molecule has 4 rings (SSSR count). The number of anilines is 1. The number of halogens is 1. The number of nitrogens with zero attached hydrogens (tertiary/aromatic N) is 2. The van der Waals surface area contributed by atoms with Gasteiger partial charge in [0.1, 0.15) is 12.4 Å². The van der Waals surface area contributed by atoms with Gasteiger partial charge in [-0.2, -0.15) is 0 Å². The first-order chi connectivity index (χ1) is 16.6. The summed E-state index contributed by atoms with van der Waals surface area (Å²) in [6, 6.07) is 14.5. The second kappa shape index (κ2) is 11.7. The molecule has 34 heavy (non-hydrogen) atoms. The van der Waals surface area contributed by atoms with Crippen LogP contribution < -0.4 is 10.2 Å². The van der Waals surface area contributed by atoms with Gasteiger partial charge in [0.05, 0.1) is 10.6 Å². The standard InChI is InChI=1S/C27H32FN3O2S/c1-2-21-11-7-8-16-30(21)17-9-15-29-26(32)19-31-23-13-5-6-14-24(23)34-25(27(31)33)18-20-10-3-4-12-22(20)28/h3-6,10,12-14,18,21H,2,7-9,11,15-17,19H2,1H3,(H,29,32)/b25-18-/t21-/m1/s1. The first-order valence-corrected chi connectivity index (χ1v) is 12.9. The molecule has 5 nitrogen and oxygen atoms in total. The normalized spacial score (nSPS) is 19.8. The number of benzene rings is 2. The Balaban J connectivity index is 1.39. The molecule has 1 fully saturated rings. The molecule has 180 valence electrons. The van der Waals surface area contributed by atoms with Gasteiger partial charge in [0, 0.05) is 29.6 Å². The van der Waals surface area contributed by atoms with E-state index >= 15 is 0 Å². The summed E-state index contributed by atoms with van der Waals surface area (Å²) in [6.07, 6.45) is 7.44. The topological polar surface area (TPSA) is 52.7 Å². The Morgan fingerprint density at radius 2 is 1.97 bits per heavy atom. The van der Waals surface area contributed by atoms with Crippen molar-refractivity contribution in [1.29, 1.82) is 0 Å². The van der Waals surface area contributed by atoms with Gasteiger partial charge in [-0.25, -0.2) is 4.39 Å². The van der Waals surface area contributed by atoms with Gasteiger partial charge in [-0.05, 0) is 56.5 Å². The Hall–Kier alpha value is -2.64. The molecule has 1 N–H and O–H groups in total. The summed E-state index contributed by atoms with van der Waals surface area (Å²) in [5.74, 6) is -0.863. The van der Waals surface area contributed by atoms with Gasteiger partial charge in [0.15, 0.2) is 0 Å². The summed E-state index contributed by atoms with van der Waals surface area (Å²) in [5.41, 5.74) is 1.06. The summed E-state index contributed by atoms with van der Waals surface area (Å²) in [7, 11) is 0. The predicted molar refractivity (Wildman–Crippen MR) is 136 cm³/mol. The Morgan fingerprint density at radius 3 is 2.79 bits per heavy atom. The number of para-hydroxylation sites is 1. The number of amides is 2. The van der Waals surface area contributed by atoms with Crippen LogP contribution in [0, 0.1) is 5.82 Å². The Labute approximate surface area is 205 Å². The molecule has 2 heterocycles. The smallest absolute Gasteiger partial charge is 0.265 e. The van der Waals surface area contributed by atoms with Gasteiger partial charge in [-0.3, -0.25) is 14.5 Å². The first kappa shape index (κ1) is 24.5. The van der Waals surface area contributed by atoms with E-state index in [1.807, 2.05) is 24.3 Å². The number of fused-ring (bicyclic) bond motifs is 1. The van der Waals surface area contributed by atoms with E-state index in [0.29, 0.717) is 28.7 Å². The minimum Gasteiger partial charge on any atom is -0.355 e. The van der Waals surface area contributed by atoms with Crippen LogP contribution in [-0.2, 0) is 9.59 Å². The molecule has 0 aromatic heterocycles. The fraction of sp³-hybridized carbons (Fsp3) is 0.407. The van der Waals surface area contributed by atoms with E-state index < -0.39 is 0 Å². The molecule has 0 aliphatic carbocycles.